The Hall–Kier alpha value is -0.0800. The highest BCUT2D eigenvalue weighted by atomic mass is 14.9. The van der Waals surface area contributed by atoms with Crippen molar-refractivity contribution in [2.75, 3.05) is 19.6 Å². The molecule has 0 aromatic rings. The molecule has 1 aliphatic rings. The SMILES string of the molecule is CC(C)C1CNCCC1CN. The second-order valence-corrected chi connectivity index (χ2v) is 3.90. The second kappa shape index (κ2) is 4.07. The van der Waals surface area contributed by atoms with Gasteiger partial charge in [-0.15, -0.1) is 0 Å². The van der Waals surface area contributed by atoms with Crippen molar-refractivity contribution in [3.63, 3.8) is 0 Å². The second-order valence-electron chi connectivity index (χ2n) is 3.90. The molecule has 1 aliphatic heterocycles. The maximum absolute atomic E-state index is 5.70. The maximum Gasteiger partial charge on any atom is -0.00149 e. The van der Waals surface area contributed by atoms with Crippen LogP contribution in [-0.4, -0.2) is 19.6 Å². The highest BCUT2D eigenvalue weighted by Crippen LogP contribution is 2.24. The Bertz CT molecular complexity index is 112. The first kappa shape index (κ1) is 9.01. The standard InChI is InChI=1S/C9H20N2/c1-7(2)9-6-11-4-3-8(9)5-10/h7-9,11H,3-6,10H2,1-2H3. The Balaban J connectivity index is 2.44. The lowest BCUT2D eigenvalue weighted by Gasteiger charge is -2.34. The quantitative estimate of drug-likeness (QED) is 0.621. The van der Waals surface area contributed by atoms with Crippen LogP contribution in [-0.2, 0) is 0 Å². The Morgan fingerprint density at radius 1 is 1.55 bits per heavy atom. The van der Waals surface area contributed by atoms with Crippen molar-refractivity contribution in [1.82, 2.24) is 5.32 Å². The molecule has 2 nitrogen and oxygen atoms in total. The van der Waals surface area contributed by atoms with Crippen molar-refractivity contribution in [3.8, 4) is 0 Å². The molecule has 3 N–H and O–H groups in total. The first-order valence-corrected chi connectivity index (χ1v) is 4.66. The molecule has 2 atom stereocenters. The van der Waals surface area contributed by atoms with Crippen LogP contribution in [0, 0.1) is 17.8 Å². The molecule has 2 unspecified atom stereocenters. The lowest BCUT2D eigenvalue weighted by Crippen LogP contribution is -2.42. The van der Waals surface area contributed by atoms with E-state index in [0.717, 1.165) is 30.8 Å². The Morgan fingerprint density at radius 2 is 2.27 bits per heavy atom. The van der Waals surface area contributed by atoms with E-state index in [1.807, 2.05) is 0 Å². The summed E-state index contributed by atoms with van der Waals surface area (Å²) < 4.78 is 0. The first-order chi connectivity index (χ1) is 5.25. The Labute approximate surface area is 69.5 Å². The van der Waals surface area contributed by atoms with E-state index in [4.69, 9.17) is 5.73 Å². The van der Waals surface area contributed by atoms with Gasteiger partial charge in [-0.2, -0.15) is 0 Å². The number of hydrogen-bond donors (Lipinski definition) is 2. The van der Waals surface area contributed by atoms with E-state index in [-0.39, 0.29) is 0 Å². The van der Waals surface area contributed by atoms with Crippen molar-refractivity contribution in [3.05, 3.63) is 0 Å². The lowest BCUT2D eigenvalue weighted by atomic mass is 9.79. The van der Waals surface area contributed by atoms with Gasteiger partial charge in [0.05, 0.1) is 0 Å². The minimum atomic E-state index is 0.760. The average molecular weight is 156 g/mol. The molecule has 1 heterocycles. The van der Waals surface area contributed by atoms with Gasteiger partial charge >= 0.3 is 0 Å². The molecule has 0 spiro atoms. The molecule has 66 valence electrons. The molecule has 1 saturated heterocycles. The van der Waals surface area contributed by atoms with E-state index >= 15 is 0 Å². The van der Waals surface area contributed by atoms with Crippen molar-refractivity contribution < 1.29 is 0 Å². The van der Waals surface area contributed by atoms with Crippen LogP contribution in [0.1, 0.15) is 20.3 Å². The molecule has 0 amide bonds. The van der Waals surface area contributed by atoms with Gasteiger partial charge in [0.15, 0.2) is 0 Å². The zero-order valence-corrected chi connectivity index (χ0v) is 7.64. The number of piperidine rings is 1. The summed E-state index contributed by atoms with van der Waals surface area (Å²) in [6, 6.07) is 0. The van der Waals surface area contributed by atoms with Gasteiger partial charge in [0.2, 0.25) is 0 Å². The molecule has 0 radical (unpaired) electrons. The highest BCUT2D eigenvalue weighted by Gasteiger charge is 2.25. The predicted octanol–water partition coefficient (Wildman–Crippen LogP) is 0.827. The summed E-state index contributed by atoms with van der Waals surface area (Å²) in [6.45, 7) is 7.77. The summed E-state index contributed by atoms with van der Waals surface area (Å²) in [4.78, 5) is 0. The van der Waals surface area contributed by atoms with Crippen molar-refractivity contribution >= 4 is 0 Å². The summed E-state index contributed by atoms with van der Waals surface area (Å²) in [5.74, 6) is 2.33. The zero-order valence-electron chi connectivity index (χ0n) is 7.64. The number of rotatable bonds is 2. The third-order valence-corrected chi connectivity index (χ3v) is 2.84. The molecule has 0 saturated carbocycles. The van der Waals surface area contributed by atoms with Gasteiger partial charge in [0, 0.05) is 0 Å². The molecule has 0 aromatic heterocycles. The van der Waals surface area contributed by atoms with Gasteiger partial charge in [-0.3, -0.25) is 0 Å². The van der Waals surface area contributed by atoms with E-state index in [2.05, 4.69) is 19.2 Å². The minimum absolute atomic E-state index is 0.760. The van der Waals surface area contributed by atoms with Crippen LogP contribution in [0.4, 0.5) is 0 Å². The van der Waals surface area contributed by atoms with E-state index in [1.54, 1.807) is 0 Å². The fraction of sp³-hybridized carbons (Fsp3) is 1.00. The highest BCUT2D eigenvalue weighted by molar-refractivity contribution is 4.80. The fourth-order valence-electron chi connectivity index (χ4n) is 2.01. The van der Waals surface area contributed by atoms with Crippen LogP contribution in [0.5, 0.6) is 0 Å². The molecular weight excluding hydrogens is 136 g/mol. The van der Waals surface area contributed by atoms with Crippen LogP contribution >= 0.6 is 0 Å². The monoisotopic (exact) mass is 156 g/mol. The third kappa shape index (κ3) is 2.17. The van der Waals surface area contributed by atoms with Crippen LogP contribution in [0.2, 0.25) is 0 Å². The van der Waals surface area contributed by atoms with Gasteiger partial charge in [0.1, 0.15) is 0 Å². The zero-order chi connectivity index (χ0) is 8.27. The Morgan fingerprint density at radius 3 is 2.73 bits per heavy atom. The molecular formula is C9H20N2. The Kier molecular flexibility index (Phi) is 3.34. The predicted molar refractivity (Wildman–Crippen MR) is 48.4 cm³/mol. The van der Waals surface area contributed by atoms with Gasteiger partial charge in [-0.1, -0.05) is 13.8 Å². The van der Waals surface area contributed by atoms with Gasteiger partial charge in [0.25, 0.3) is 0 Å². The molecule has 1 fully saturated rings. The fourth-order valence-corrected chi connectivity index (χ4v) is 2.01. The van der Waals surface area contributed by atoms with Gasteiger partial charge < -0.3 is 11.1 Å². The summed E-state index contributed by atoms with van der Waals surface area (Å²) >= 11 is 0. The van der Waals surface area contributed by atoms with Crippen LogP contribution in [0.15, 0.2) is 0 Å². The van der Waals surface area contributed by atoms with Crippen molar-refractivity contribution in [2.24, 2.45) is 23.5 Å². The number of nitrogens with two attached hydrogens (primary N) is 1. The summed E-state index contributed by atoms with van der Waals surface area (Å²) in [6.07, 6.45) is 1.26. The van der Waals surface area contributed by atoms with Crippen molar-refractivity contribution in [1.29, 1.82) is 0 Å². The molecule has 0 aliphatic carbocycles. The van der Waals surface area contributed by atoms with Crippen molar-refractivity contribution in [2.45, 2.75) is 20.3 Å². The lowest BCUT2D eigenvalue weighted by molar-refractivity contribution is 0.202. The minimum Gasteiger partial charge on any atom is -0.330 e. The van der Waals surface area contributed by atoms with Crippen LogP contribution < -0.4 is 11.1 Å². The van der Waals surface area contributed by atoms with Gasteiger partial charge in [-0.05, 0) is 43.8 Å². The van der Waals surface area contributed by atoms with Crippen LogP contribution in [0.3, 0.4) is 0 Å². The van der Waals surface area contributed by atoms with Gasteiger partial charge in [-0.25, -0.2) is 0 Å². The van der Waals surface area contributed by atoms with E-state index in [1.165, 1.54) is 13.0 Å². The van der Waals surface area contributed by atoms with E-state index < -0.39 is 0 Å². The molecule has 1 rings (SSSR count). The summed E-state index contributed by atoms with van der Waals surface area (Å²) in [5, 5.41) is 3.42. The largest absolute Gasteiger partial charge is 0.330 e. The topological polar surface area (TPSA) is 38.0 Å². The summed E-state index contributed by atoms with van der Waals surface area (Å²) in [7, 11) is 0. The normalized spacial score (nSPS) is 32.7. The van der Waals surface area contributed by atoms with E-state index in [9.17, 15) is 0 Å². The molecule has 2 heteroatoms. The average Bonchev–Trinajstić information content (AvgIpc) is 2.04. The smallest absolute Gasteiger partial charge is 0.00149 e. The third-order valence-electron chi connectivity index (χ3n) is 2.84. The number of nitrogens with one attached hydrogen (secondary N) is 1. The molecule has 0 bridgehead atoms. The molecule has 11 heavy (non-hydrogen) atoms. The number of hydrogen-bond acceptors (Lipinski definition) is 2. The maximum atomic E-state index is 5.70. The van der Waals surface area contributed by atoms with Crippen LogP contribution in [0.25, 0.3) is 0 Å². The summed E-state index contributed by atoms with van der Waals surface area (Å²) in [5.41, 5.74) is 5.70. The van der Waals surface area contributed by atoms with E-state index in [0.29, 0.717) is 0 Å². The first-order valence-electron chi connectivity index (χ1n) is 4.66. The molecule has 0 aromatic carbocycles.